The summed E-state index contributed by atoms with van der Waals surface area (Å²) in [5.41, 5.74) is 4.24. The first-order valence-corrected chi connectivity index (χ1v) is 9.58. The van der Waals surface area contributed by atoms with E-state index in [1.807, 2.05) is 12.1 Å². The minimum absolute atomic E-state index is 0. The van der Waals surface area contributed by atoms with E-state index in [0.29, 0.717) is 11.3 Å². The number of aromatic hydroxyl groups is 1. The molecule has 3 aliphatic heterocycles. The van der Waals surface area contributed by atoms with Gasteiger partial charge in [0.2, 0.25) is 0 Å². The number of ether oxygens (including phenoxy) is 2. The van der Waals surface area contributed by atoms with Crippen molar-refractivity contribution in [3.63, 3.8) is 0 Å². The monoisotopic (exact) mass is 372 g/mol. The van der Waals surface area contributed by atoms with Crippen LogP contribution < -0.4 is 0 Å². The third-order valence-electron chi connectivity index (χ3n) is 6.62. The molecule has 27 heavy (non-hydrogen) atoms. The van der Waals surface area contributed by atoms with Gasteiger partial charge >= 0.3 is 5.97 Å². The standard InChI is InChI=1S/C21H24N2O4.2H2/c1-11-16-9-23-6-5-13-15-7-12(24)3-4-18(15)22-20(13)19(23)8-14(16)17(10-27-11)21(25)26-2;;/h3-4,7,10-11,14,16,19,22,24H,5-6,8-9H2,1-2H3;2*1H/t11-,14?,16+,19?;;/m0../s1. The number of hydrogen-bond acceptors (Lipinski definition) is 5. The number of benzene rings is 1. The average Bonchev–Trinajstić information content (AvgIpc) is 3.05. The molecule has 0 spiro atoms. The molecule has 0 radical (unpaired) electrons. The van der Waals surface area contributed by atoms with E-state index in [-0.39, 0.29) is 32.8 Å². The second-order valence-corrected chi connectivity index (χ2v) is 7.92. The third-order valence-corrected chi connectivity index (χ3v) is 6.62. The molecule has 4 heterocycles. The van der Waals surface area contributed by atoms with E-state index < -0.39 is 0 Å². The Morgan fingerprint density at radius 2 is 2.30 bits per heavy atom. The Bertz CT molecular complexity index is 958. The van der Waals surface area contributed by atoms with Crippen LogP contribution in [0.4, 0.5) is 0 Å². The SMILES string of the molecule is COC(=O)C1=CO[C@@H](C)[C@H]2CN3CCc4c([nH]c5ccc(O)cc45)C3CC12.[HH].[HH]. The van der Waals surface area contributed by atoms with Crippen LogP contribution in [-0.2, 0) is 20.7 Å². The molecule has 4 atom stereocenters. The van der Waals surface area contributed by atoms with Crippen LogP contribution in [0.2, 0.25) is 0 Å². The van der Waals surface area contributed by atoms with Crippen LogP contribution in [0.25, 0.3) is 10.9 Å². The Labute approximate surface area is 160 Å². The summed E-state index contributed by atoms with van der Waals surface area (Å²) in [6.07, 6.45) is 3.53. The second-order valence-electron chi connectivity index (χ2n) is 7.92. The average molecular weight is 372 g/mol. The van der Waals surface area contributed by atoms with Gasteiger partial charge in [-0.1, -0.05) is 0 Å². The molecule has 0 aliphatic carbocycles. The van der Waals surface area contributed by atoms with Crippen molar-refractivity contribution in [3.05, 3.63) is 41.3 Å². The van der Waals surface area contributed by atoms with Crippen molar-refractivity contribution >= 4 is 16.9 Å². The zero-order chi connectivity index (χ0) is 18.7. The van der Waals surface area contributed by atoms with Crippen LogP contribution in [0.3, 0.4) is 0 Å². The van der Waals surface area contributed by atoms with Crippen molar-refractivity contribution in [2.75, 3.05) is 20.2 Å². The lowest BCUT2D eigenvalue weighted by Gasteiger charge is -2.49. The smallest absolute Gasteiger partial charge is 0.337 e. The van der Waals surface area contributed by atoms with E-state index in [4.69, 9.17) is 9.47 Å². The Kier molecular flexibility index (Phi) is 3.72. The molecule has 146 valence electrons. The molecule has 0 amide bonds. The van der Waals surface area contributed by atoms with Gasteiger partial charge in [-0.15, -0.1) is 0 Å². The fourth-order valence-corrected chi connectivity index (χ4v) is 5.22. The summed E-state index contributed by atoms with van der Waals surface area (Å²) in [7, 11) is 1.42. The van der Waals surface area contributed by atoms with E-state index in [9.17, 15) is 9.90 Å². The maximum absolute atomic E-state index is 12.3. The van der Waals surface area contributed by atoms with Gasteiger partial charge in [0.05, 0.1) is 31.1 Å². The van der Waals surface area contributed by atoms with Crippen molar-refractivity contribution in [2.45, 2.75) is 31.9 Å². The molecule has 6 nitrogen and oxygen atoms in total. The van der Waals surface area contributed by atoms with Gasteiger partial charge in [-0.2, -0.15) is 0 Å². The van der Waals surface area contributed by atoms with Gasteiger partial charge in [-0.3, -0.25) is 4.90 Å². The first-order valence-electron chi connectivity index (χ1n) is 9.58. The van der Waals surface area contributed by atoms with Gasteiger partial charge in [0.1, 0.15) is 5.75 Å². The first kappa shape index (κ1) is 16.7. The number of nitrogens with zero attached hydrogens (tertiary/aromatic N) is 1. The molecule has 6 heteroatoms. The summed E-state index contributed by atoms with van der Waals surface area (Å²) in [6, 6.07) is 5.75. The fourth-order valence-electron chi connectivity index (χ4n) is 5.22. The van der Waals surface area contributed by atoms with Crippen LogP contribution in [0, 0.1) is 11.8 Å². The number of H-pyrrole nitrogens is 1. The number of carbonyl (C=O) groups is 1. The highest BCUT2D eigenvalue weighted by Gasteiger charge is 2.46. The molecular weight excluding hydrogens is 344 g/mol. The van der Waals surface area contributed by atoms with Crippen LogP contribution in [-0.4, -0.2) is 47.3 Å². The predicted molar refractivity (Wildman–Crippen MR) is 104 cm³/mol. The molecule has 1 aromatic heterocycles. The van der Waals surface area contributed by atoms with Gasteiger partial charge in [-0.05, 0) is 43.5 Å². The lowest BCUT2D eigenvalue weighted by molar-refractivity contribution is -0.139. The molecule has 2 aromatic rings. The van der Waals surface area contributed by atoms with Crippen molar-refractivity contribution < 1.29 is 22.2 Å². The Hall–Kier alpha value is -2.47. The van der Waals surface area contributed by atoms with Crippen molar-refractivity contribution in [3.8, 4) is 5.75 Å². The number of nitrogens with one attached hydrogen (secondary N) is 1. The van der Waals surface area contributed by atoms with E-state index >= 15 is 0 Å². The number of piperidine rings is 1. The fraction of sp³-hybridized carbons (Fsp3) is 0.476. The number of hydrogen-bond donors (Lipinski definition) is 2. The van der Waals surface area contributed by atoms with Gasteiger partial charge in [0.25, 0.3) is 0 Å². The van der Waals surface area contributed by atoms with Gasteiger partial charge in [-0.25, -0.2) is 4.79 Å². The Balaban J connectivity index is 0.00000120. The number of phenols is 1. The van der Waals surface area contributed by atoms with E-state index in [1.54, 1.807) is 12.3 Å². The summed E-state index contributed by atoms with van der Waals surface area (Å²) in [5, 5.41) is 11.0. The van der Waals surface area contributed by atoms with Gasteiger partial charge in [0, 0.05) is 44.4 Å². The van der Waals surface area contributed by atoms with Crippen LogP contribution in [0.1, 0.15) is 33.5 Å². The molecule has 1 aromatic carbocycles. The summed E-state index contributed by atoms with van der Waals surface area (Å²) in [5.74, 6) is 0.427. The second kappa shape index (κ2) is 6.02. The van der Waals surface area contributed by atoms with Gasteiger partial charge < -0.3 is 19.6 Å². The van der Waals surface area contributed by atoms with Crippen molar-refractivity contribution in [2.24, 2.45) is 11.8 Å². The first-order chi connectivity index (χ1) is 13.1. The maximum Gasteiger partial charge on any atom is 0.337 e. The minimum atomic E-state index is -0.289. The van der Waals surface area contributed by atoms with Crippen LogP contribution in [0.5, 0.6) is 5.75 Å². The molecule has 2 N–H and O–H groups in total. The molecular formula is C21H28N2O4. The van der Waals surface area contributed by atoms with Crippen LogP contribution >= 0.6 is 0 Å². The summed E-state index contributed by atoms with van der Waals surface area (Å²) >= 11 is 0. The lowest BCUT2D eigenvalue weighted by Crippen LogP contribution is -2.51. The molecule has 3 aliphatic rings. The highest BCUT2D eigenvalue weighted by Crippen LogP contribution is 2.47. The number of methoxy groups -OCH3 is 1. The maximum atomic E-state index is 12.3. The summed E-state index contributed by atoms with van der Waals surface area (Å²) in [6.45, 7) is 3.97. The number of aromatic amines is 1. The summed E-state index contributed by atoms with van der Waals surface area (Å²) in [4.78, 5) is 18.4. The van der Waals surface area contributed by atoms with Crippen molar-refractivity contribution in [1.29, 1.82) is 0 Å². The molecule has 0 bridgehead atoms. The topological polar surface area (TPSA) is 74.8 Å². The zero-order valence-corrected chi connectivity index (χ0v) is 15.6. The van der Waals surface area contributed by atoms with Gasteiger partial charge in [0.15, 0.2) is 0 Å². The van der Waals surface area contributed by atoms with Crippen molar-refractivity contribution in [1.82, 2.24) is 9.88 Å². The Morgan fingerprint density at radius 3 is 3.11 bits per heavy atom. The minimum Gasteiger partial charge on any atom is -0.508 e. The number of fused-ring (bicyclic) bond motifs is 6. The van der Waals surface area contributed by atoms with E-state index in [2.05, 4.69) is 16.8 Å². The number of rotatable bonds is 1. The highest BCUT2D eigenvalue weighted by atomic mass is 16.5. The number of esters is 1. The molecule has 0 saturated carbocycles. The number of aromatic nitrogens is 1. The quantitative estimate of drug-likeness (QED) is 0.751. The van der Waals surface area contributed by atoms with Crippen LogP contribution in [0.15, 0.2) is 30.0 Å². The number of phenolic OH excluding ortho intramolecular Hbond substituents is 1. The highest BCUT2D eigenvalue weighted by molar-refractivity contribution is 5.89. The molecule has 5 rings (SSSR count). The largest absolute Gasteiger partial charge is 0.508 e. The zero-order valence-electron chi connectivity index (χ0n) is 15.6. The third kappa shape index (κ3) is 2.46. The predicted octanol–water partition coefficient (Wildman–Crippen LogP) is 3.38. The Morgan fingerprint density at radius 1 is 1.44 bits per heavy atom. The molecule has 1 fully saturated rings. The molecule has 1 saturated heterocycles. The summed E-state index contributed by atoms with van der Waals surface area (Å²) < 4.78 is 10.8. The normalized spacial score (nSPS) is 29.9. The molecule has 2 unspecified atom stereocenters. The lowest BCUT2D eigenvalue weighted by atomic mass is 9.72. The number of carbonyl (C=O) groups excluding carboxylic acids is 1. The van der Waals surface area contributed by atoms with E-state index in [0.717, 1.165) is 36.8 Å². The van der Waals surface area contributed by atoms with E-state index in [1.165, 1.54) is 18.4 Å².